The monoisotopic (exact) mass is 259 g/mol. The highest BCUT2D eigenvalue weighted by Crippen LogP contribution is 2.13. The van der Waals surface area contributed by atoms with Gasteiger partial charge in [-0.3, -0.25) is 0 Å². The maximum atomic E-state index is 4.42. The lowest BCUT2D eigenvalue weighted by Crippen LogP contribution is -2.24. The number of likely N-dealkylation sites (tertiary alicyclic amines) is 1. The Morgan fingerprint density at radius 2 is 2.37 bits per heavy atom. The van der Waals surface area contributed by atoms with Crippen LogP contribution in [0.2, 0.25) is 0 Å². The van der Waals surface area contributed by atoms with Crippen molar-refractivity contribution in [3.8, 4) is 0 Å². The molecule has 0 radical (unpaired) electrons. The molecule has 1 aliphatic rings. The van der Waals surface area contributed by atoms with Crippen LogP contribution in [-0.2, 0) is 6.54 Å². The molecule has 1 fully saturated rings. The molecule has 19 heavy (non-hydrogen) atoms. The second kappa shape index (κ2) is 5.27. The predicted molar refractivity (Wildman–Crippen MR) is 75.0 cm³/mol. The van der Waals surface area contributed by atoms with Crippen LogP contribution < -0.4 is 5.32 Å². The van der Waals surface area contributed by atoms with Gasteiger partial charge in [-0.05, 0) is 39.4 Å². The molecule has 3 rings (SSSR count). The summed E-state index contributed by atoms with van der Waals surface area (Å²) in [6, 6.07) is 1.99. The lowest BCUT2D eigenvalue weighted by Gasteiger charge is -2.11. The molecular formula is C14H21N5. The van der Waals surface area contributed by atoms with Crippen molar-refractivity contribution < 1.29 is 0 Å². The van der Waals surface area contributed by atoms with E-state index in [1.165, 1.54) is 25.1 Å². The second-order valence-electron chi connectivity index (χ2n) is 5.60. The van der Waals surface area contributed by atoms with Crippen LogP contribution in [0.1, 0.15) is 17.7 Å². The number of hydrogen-bond donors (Lipinski definition) is 1. The average molecular weight is 259 g/mol. The first-order chi connectivity index (χ1) is 9.20. The van der Waals surface area contributed by atoms with E-state index in [2.05, 4.69) is 33.5 Å². The number of rotatable bonds is 4. The number of nitrogens with zero attached hydrogens (tertiary/aromatic N) is 4. The summed E-state index contributed by atoms with van der Waals surface area (Å²) in [6.07, 6.45) is 5.30. The van der Waals surface area contributed by atoms with E-state index in [0.29, 0.717) is 0 Å². The first kappa shape index (κ1) is 12.6. The Morgan fingerprint density at radius 1 is 1.47 bits per heavy atom. The molecule has 0 amide bonds. The second-order valence-corrected chi connectivity index (χ2v) is 5.60. The highest BCUT2D eigenvalue weighted by atomic mass is 15.2. The fourth-order valence-corrected chi connectivity index (χ4v) is 2.74. The third-order valence-electron chi connectivity index (χ3n) is 3.74. The Kier molecular flexibility index (Phi) is 3.48. The highest BCUT2D eigenvalue weighted by molar-refractivity contribution is 5.38. The van der Waals surface area contributed by atoms with Gasteiger partial charge in [-0.25, -0.2) is 9.50 Å². The van der Waals surface area contributed by atoms with Crippen molar-refractivity contribution in [2.45, 2.75) is 19.9 Å². The van der Waals surface area contributed by atoms with E-state index in [1.54, 1.807) is 0 Å². The smallest absolute Gasteiger partial charge is 0.155 e. The third kappa shape index (κ3) is 2.93. The van der Waals surface area contributed by atoms with Crippen LogP contribution in [0.5, 0.6) is 0 Å². The van der Waals surface area contributed by atoms with E-state index in [-0.39, 0.29) is 0 Å². The molecule has 1 N–H and O–H groups in total. The molecule has 0 saturated carbocycles. The van der Waals surface area contributed by atoms with Gasteiger partial charge in [-0.2, -0.15) is 5.10 Å². The number of aromatic nitrogens is 3. The molecular weight excluding hydrogens is 238 g/mol. The van der Waals surface area contributed by atoms with Crippen LogP contribution in [0.15, 0.2) is 18.5 Å². The summed E-state index contributed by atoms with van der Waals surface area (Å²) in [5, 5.41) is 7.92. The minimum atomic E-state index is 0.786. The minimum absolute atomic E-state index is 0.786. The lowest BCUT2D eigenvalue weighted by atomic mass is 10.1. The molecule has 2 aromatic rings. The molecule has 5 nitrogen and oxygen atoms in total. The molecule has 0 bridgehead atoms. The van der Waals surface area contributed by atoms with E-state index >= 15 is 0 Å². The Labute approximate surface area is 113 Å². The van der Waals surface area contributed by atoms with Crippen LogP contribution in [-0.4, -0.2) is 46.2 Å². The summed E-state index contributed by atoms with van der Waals surface area (Å²) in [4.78, 5) is 6.81. The standard InChI is InChI=1S/C14H21N5/c1-11-5-14-16-8-13(10-19(14)17-11)7-15-6-12-3-4-18(2)9-12/h5,8,10,12,15H,3-4,6-7,9H2,1-2H3. The Balaban J connectivity index is 1.56. The van der Waals surface area contributed by atoms with Crippen LogP contribution in [0, 0.1) is 12.8 Å². The maximum absolute atomic E-state index is 4.42. The van der Waals surface area contributed by atoms with Crippen LogP contribution in [0.25, 0.3) is 5.65 Å². The van der Waals surface area contributed by atoms with Gasteiger partial charge in [0.05, 0.1) is 5.69 Å². The number of nitrogens with one attached hydrogen (secondary N) is 1. The first-order valence-electron chi connectivity index (χ1n) is 6.91. The zero-order valence-electron chi connectivity index (χ0n) is 11.6. The summed E-state index contributed by atoms with van der Waals surface area (Å²) in [6.45, 7) is 6.38. The van der Waals surface area contributed by atoms with Gasteiger partial charge in [0.1, 0.15) is 0 Å². The summed E-state index contributed by atoms with van der Waals surface area (Å²) < 4.78 is 1.86. The fraction of sp³-hybridized carbons (Fsp3) is 0.571. The van der Waals surface area contributed by atoms with Crippen LogP contribution >= 0.6 is 0 Å². The first-order valence-corrected chi connectivity index (χ1v) is 6.91. The van der Waals surface area contributed by atoms with Crippen molar-refractivity contribution in [2.75, 3.05) is 26.7 Å². The van der Waals surface area contributed by atoms with Crippen molar-refractivity contribution in [1.29, 1.82) is 0 Å². The number of hydrogen-bond acceptors (Lipinski definition) is 4. The van der Waals surface area contributed by atoms with E-state index in [0.717, 1.165) is 30.3 Å². The molecule has 0 aromatic carbocycles. The van der Waals surface area contributed by atoms with E-state index in [1.807, 2.05) is 23.7 Å². The van der Waals surface area contributed by atoms with Gasteiger partial charge in [0.15, 0.2) is 5.65 Å². The SMILES string of the molecule is Cc1cc2ncc(CNCC3CCN(C)C3)cn2n1. The van der Waals surface area contributed by atoms with Gasteiger partial charge in [-0.15, -0.1) is 0 Å². The topological polar surface area (TPSA) is 45.5 Å². The number of aryl methyl sites for hydroxylation is 1. The van der Waals surface area contributed by atoms with E-state index in [9.17, 15) is 0 Å². The van der Waals surface area contributed by atoms with E-state index < -0.39 is 0 Å². The van der Waals surface area contributed by atoms with Gasteiger partial charge >= 0.3 is 0 Å². The Bertz CT molecular complexity index is 562. The summed E-state index contributed by atoms with van der Waals surface area (Å²) >= 11 is 0. The molecule has 1 saturated heterocycles. The van der Waals surface area contributed by atoms with Gasteiger partial charge in [0.25, 0.3) is 0 Å². The summed E-state index contributed by atoms with van der Waals surface area (Å²) in [5.41, 5.74) is 3.10. The van der Waals surface area contributed by atoms with Crippen molar-refractivity contribution in [2.24, 2.45) is 5.92 Å². The number of fused-ring (bicyclic) bond motifs is 1. The van der Waals surface area contributed by atoms with Crippen molar-refractivity contribution >= 4 is 5.65 Å². The van der Waals surface area contributed by atoms with Gasteiger partial charge < -0.3 is 10.2 Å². The molecule has 1 aliphatic heterocycles. The Morgan fingerprint density at radius 3 is 3.16 bits per heavy atom. The van der Waals surface area contributed by atoms with Crippen LogP contribution in [0.4, 0.5) is 0 Å². The molecule has 5 heteroatoms. The highest BCUT2D eigenvalue weighted by Gasteiger charge is 2.18. The van der Waals surface area contributed by atoms with Crippen molar-refractivity contribution in [1.82, 2.24) is 24.8 Å². The largest absolute Gasteiger partial charge is 0.312 e. The van der Waals surface area contributed by atoms with Gasteiger partial charge in [0, 0.05) is 37.1 Å². The quantitative estimate of drug-likeness (QED) is 0.892. The molecule has 3 heterocycles. The van der Waals surface area contributed by atoms with Crippen LogP contribution in [0.3, 0.4) is 0 Å². The third-order valence-corrected chi connectivity index (χ3v) is 3.74. The molecule has 1 unspecified atom stereocenters. The van der Waals surface area contributed by atoms with E-state index in [4.69, 9.17) is 0 Å². The summed E-state index contributed by atoms with van der Waals surface area (Å²) in [7, 11) is 2.19. The zero-order valence-corrected chi connectivity index (χ0v) is 11.6. The predicted octanol–water partition coefficient (Wildman–Crippen LogP) is 1.08. The average Bonchev–Trinajstić information content (AvgIpc) is 2.94. The van der Waals surface area contributed by atoms with Crippen molar-refractivity contribution in [3.63, 3.8) is 0 Å². The minimum Gasteiger partial charge on any atom is -0.312 e. The maximum Gasteiger partial charge on any atom is 0.155 e. The molecule has 1 atom stereocenters. The molecule has 0 spiro atoms. The van der Waals surface area contributed by atoms with Gasteiger partial charge in [-0.1, -0.05) is 0 Å². The molecule has 2 aromatic heterocycles. The normalized spacial score (nSPS) is 20.4. The summed E-state index contributed by atoms with van der Waals surface area (Å²) in [5.74, 6) is 0.786. The zero-order chi connectivity index (χ0) is 13.2. The molecule has 102 valence electrons. The van der Waals surface area contributed by atoms with Crippen molar-refractivity contribution in [3.05, 3.63) is 29.7 Å². The Hall–Kier alpha value is -1.46. The fourth-order valence-electron chi connectivity index (χ4n) is 2.74. The lowest BCUT2D eigenvalue weighted by molar-refractivity contribution is 0.388. The molecule has 0 aliphatic carbocycles. The van der Waals surface area contributed by atoms with Gasteiger partial charge in [0.2, 0.25) is 0 Å².